The zero-order chi connectivity index (χ0) is 18.2. The van der Waals surface area contributed by atoms with E-state index < -0.39 is 0 Å². The lowest BCUT2D eigenvalue weighted by molar-refractivity contribution is 1.13. The van der Waals surface area contributed by atoms with Gasteiger partial charge in [0.25, 0.3) is 0 Å². The van der Waals surface area contributed by atoms with E-state index in [9.17, 15) is 0 Å². The maximum Gasteiger partial charge on any atom is 0.0757 e. The van der Waals surface area contributed by atoms with Crippen molar-refractivity contribution in [2.45, 2.75) is 16.1 Å². The molecule has 0 unspecified atom stereocenters. The van der Waals surface area contributed by atoms with Crippen molar-refractivity contribution in [1.82, 2.24) is 0 Å². The van der Waals surface area contributed by atoms with E-state index in [1.165, 1.54) is 22.4 Å². The fourth-order valence-corrected chi connectivity index (χ4v) is 5.23. The molecule has 0 amide bonds. The van der Waals surface area contributed by atoms with Crippen LogP contribution in [0, 0.1) is 0 Å². The normalized spacial score (nSPS) is 10.9. The number of rotatable bonds is 8. The van der Waals surface area contributed by atoms with Crippen LogP contribution in [-0.4, -0.2) is 14.1 Å². The van der Waals surface area contributed by atoms with Gasteiger partial charge in [0, 0.05) is 31.3 Å². The van der Waals surface area contributed by atoms with E-state index >= 15 is 0 Å². The number of anilines is 1. The van der Waals surface area contributed by atoms with E-state index in [0.29, 0.717) is 4.58 Å². The molecule has 3 rings (SSSR count). The Kier molecular flexibility index (Phi) is 7.10. The van der Waals surface area contributed by atoms with Crippen LogP contribution in [0.5, 0.6) is 0 Å². The maximum absolute atomic E-state index is 2.27. The molecular formula is C23H25NS2. The van der Waals surface area contributed by atoms with Gasteiger partial charge in [0.2, 0.25) is 0 Å². The van der Waals surface area contributed by atoms with Crippen LogP contribution in [0.1, 0.15) is 21.3 Å². The van der Waals surface area contributed by atoms with E-state index in [2.05, 4.69) is 104 Å². The third-order valence-corrected chi connectivity index (χ3v) is 7.14. The van der Waals surface area contributed by atoms with Gasteiger partial charge < -0.3 is 4.90 Å². The fourth-order valence-electron chi connectivity index (χ4n) is 2.66. The summed E-state index contributed by atoms with van der Waals surface area (Å²) in [5, 5.41) is 0. The fraction of sp³-hybridized carbons (Fsp3) is 0.217. The van der Waals surface area contributed by atoms with E-state index in [-0.39, 0.29) is 0 Å². The van der Waals surface area contributed by atoms with Crippen LogP contribution in [0.2, 0.25) is 0 Å². The van der Waals surface area contributed by atoms with Crippen LogP contribution >= 0.6 is 23.5 Å². The highest BCUT2D eigenvalue weighted by Gasteiger charge is 2.14. The Morgan fingerprint density at radius 2 is 1.12 bits per heavy atom. The third kappa shape index (κ3) is 5.58. The van der Waals surface area contributed by atoms with Gasteiger partial charge in [-0.3, -0.25) is 0 Å². The minimum atomic E-state index is 0.423. The van der Waals surface area contributed by atoms with Gasteiger partial charge in [-0.05, 0) is 28.8 Å². The van der Waals surface area contributed by atoms with Crippen LogP contribution in [0.4, 0.5) is 5.69 Å². The smallest absolute Gasteiger partial charge is 0.0757 e. The van der Waals surface area contributed by atoms with Gasteiger partial charge in [-0.1, -0.05) is 72.8 Å². The number of nitrogens with zero attached hydrogens (tertiary/aromatic N) is 1. The summed E-state index contributed by atoms with van der Waals surface area (Å²) in [6.45, 7) is 0. The number of hydrogen-bond donors (Lipinski definition) is 0. The molecule has 0 fully saturated rings. The average Bonchev–Trinajstić information content (AvgIpc) is 2.70. The molecule has 0 saturated heterocycles. The van der Waals surface area contributed by atoms with Crippen molar-refractivity contribution in [2.75, 3.05) is 19.0 Å². The zero-order valence-corrected chi connectivity index (χ0v) is 17.0. The first-order valence-electron chi connectivity index (χ1n) is 8.81. The van der Waals surface area contributed by atoms with Crippen molar-refractivity contribution in [1.29, 1.82) is 0 Å². The molecule has 26 heavy (non-hydrogen) atoms. The molecule has 0 bridgehead atoms. The molecule has 0 atom stereocenters. The van der Waals surface area contributed by atoms with Crippen LogP contribution in [0.3, 0.4) is 0 Å². The minimum Gasteiger partial charge on any atom is -0.378 e. The minimum absolute atomic E-state index is 0.423. The summed E-state index contributed by atoms with van der Waals surface area (Å²) >= 11 is 4.02. The van der Waals surface area contributed by atoms with Crippen molar-refractivity contribution >= 4 is 29.2 Å². The second kappa shape index (κ2) is 9.75. The van der Waals surface area contributed by atoms with E-state index in [1.54, 1.807) is 0 Å². The van der Waals surface area contributed by atoms with Gasteiger partial charge >= 0.3 is 0 Å². The summed E-state index contributed by atoms with van der Waals surface area (Å²) in [4.78, 5) is 2.15. The standard InChI is InChI=1S/C23H25NS2/c1-24(2)22-15-13-21(14-16-22)23(25-17-19-9-5-3-6-10-19)26-18-20-11-7-4-8-12-20/h3-16,23H,17-18H2,1-2H3. The molecule has 3 aromatic carbocycles. The Morgan fingerprint density at radius 1 is 0.654 bits per heavy atom. The molecule has 134 valence electrons. The van der Waals surface area contributed by atoms with Gasteiger partial charge in [-0.2, -0.15) is 0 Å². The largest absolute Gasteiger partial charge is 0.378 e. The number of benzene rings is 3. The predicted molar refractivity (Wildman–Crippen MR) is 119 cm³/mol. The second-order valence-corrected chi connectivity index (χ2v) is 8.90. The topological polar surface area (TPSA) is 3.24 Å². The van der Waals surface area contributed by atoms with Crippen molar-refractivity contribution in [3.63, 3.8) is 0 Å². The lowest BCUT2D eigenvalue weighted by atomic mass is 10.2. The van der Waals surface area contributed by atoms with Gasteiger partial charge in [-0.25, -0.2) is 0 Å². The van der Waals surface area contributed by atoms with Crippen LogP contribution in [-0.2, 0) is 11.5 Å². The molecule has 0 aliphatic rings. The van der Waals surface area contributed by atoms with Gasteiger partial charge in [0.15, 0.2) is 0 Å². The summed E-state index contributed by atoms with van der Waals surface area (Å²) in [6, 6.07) is 30.5. The first kappa shape index (κ1) is 18.9. The van der Waals surface area contributed by atoms with Crippen molar-refractivity contribution in [3.05, 3.63) is 102 Å². The highest BCUT2D eigenvalue weighted by Crippen LogP contribution is 2.43. The highest BCUT2D eigenvalue weighted by molar-refractivity contribution is 8.15. The maximum atomic E-state index is 2.27. The molecule has 0 aromatic heterocycles. The Balaban J connectivity index is 1.71. The lowest BCUT2D eigenvalue weighted by Crippen LogP contribution is -2.08. The Morgan fingerprint density at radius 3 is 1.54 bits per heavy atom. The summed E-state index contributed by atoms with van der Waals surface area (Å²) in [7, 11) is 4.17. The molecule has 3 aromatic rings. The first-order chi connectivity index (χ1) is 12.7. The molecule has 0 heterocycles. The van der Waals surface area contributed by atoms with Gasteiger partial charge in [-0.15, -0.1) is 23.5 Å². The molecule has 1 nitrogen and oxygen atoms in total. The van der Waals surface area contributed by atoms with Crippen LogP contribution in [0.15, 0.2) is 84.9 Å². The molecule has 0 radical (unpaired) electrons. The van der Waals surface area contributed by atoms with Crippen molar-refractivity contribution in [3.8, 4) is 0 Å². The van der Waals surface area contributed by atoms with Gasteiger partial charge in [0.05, 0.1) is 4.58 Å². The summed E-state index contributed by atoms with van der Waals surface area (Å²) < 4.78 is 0.423. The van der Waals surface area contributed by atoms with Crippen LogP contribution < -0.4 is 4.90 Å². The van der Waals surface area contributed by atoms with Crippen molar-refractivity contribution in [2.24, 2.45) is 0 Å². The van der Waals surface area contributed by atoms with E-state index in [4.69, 9.17) is 0 Å². The number of hydrogen-bond acceptors (Lipinski definition) is 3. The highest BCUT2D eigenvalue weighted by atomic mass is 32.2. The van der Waals surface area contributed by atoms with Gasteiger partial charge in [0.1, 0.15) is 0 Å². The summed E-state index contributed by atoms with van der Waals surface area (Å²) in [5.41, 5.74) is 5.39. The quantitative estimate of drug-likeness (QED) is 0.405. The van der Waals surface area contributed by atoms with E-state index in [0.717, 1.165) is 11.5 Å². The molecular weight excluding hydrogens is 354 g/mol. The predicted octanol–water partition coefficient (Wildman–Crippen LogP) is 6.62. The third-order valence-electron chi connectivity index (χ3n) is 4.17. The Hall–Kier alpha value is -1.84. The molecule has 0 aliphatic heterocycles. The lowest BCUT2D eigenvalue weighted by Gasteiger charge is -2.19. The SMILES string of the molecule is CN(C)c1ccc(C(SCc2ccccc2)SCc2ccccc2)cc1. The average molecular weight is 380 g/mol. The van der Waals surface area contributed by atoms with E-state index in [1.807, 2.05) is 23.5 Å². The summed E-state index contributed by atoms with van der Waals surface area (Å²) in [5.74, 6) is 2.06. The van der Waals surface area contributed by atoms with Crippen molar-refractivity contribution < 1.29 is 0 Å². The second-order valence-electron chi connectivity index (χ2n) is 6.41. The van der Waals surface area contributed by atoms with Crippen LogP contribution in [0.25, 0.3) is 0 Å². The molecule has 0 saturated carbocycles. The molecule has 3 heteroatoms. The monoisotopic (exact) mass is 379 g/mol. The molecule has 0 spiro atoms. The molecule has 0 aliphatic carbocycles. The first-order valence-corrected chi connectivity index (χ1v) is 10.9. The summed E-state index contributed by atoms with van der Waals surface area (Å²) in [6.07, 6.45) is 0. The molecule has 0 N–H and O–H groups in total. The zero-order valence-electron chi connectivity index (χ0n) is 15.3. The Bertz CT molecular complexity index is 727. The number of thioether (sulfide) groups is 2. The Labute approximate surface area is 165 Å².